The highest BCUT2D eigenvalue weighted by Gasteiger charge is 2.33. The lowest BCUT2D eigenvalue weighted by Gasteiger charge is -2.13. The fraction of sp³-hybridized carbons (Fsp3) is 0.556. The Morgan fingerprint density at radius 3 is 2.92 bits per heavy atom. The van der Waals surface area contributed by atoms with Crippen LogP contribution < -0.4 is 0 Å². The largest absolute Gasteiger partial charge is 0.359 e. The molecular weight excluding hydrogens is 168 g/mol. The monoisotopic (exact) mass is 180 g/mol. The maximum atomic E-state index is 11.5. The summed E-state index contributed by atoms with van der Waals surface area (Å²) in [4.78, 5) is 13.5. The van der Waals surface area contributed by atoms with Gasteiger partial charge in [-0.3, -0.25) is 9.69 Å². The van der Waals surface area contributed by atoms with E-state index in [4.69, 9.17) is 4.52 Å². The van der Waals surface area contributed by atoms with Gasteiger partial charge in [-0.05, 0) is 14.0 Å². The first-order chi connectivity index (χ1) is 6.18. The zero-order chi connectivity index (χ0) is 9.42. The molecule has 2 rings (SSSR count). The van der Waals surface area contributed by atoms with Crippen molar-refractivity contribution in [2.45, 2.75) is 19.4 Å². The van der Waals surface area contributed by atoms with Crippen LogP contribution in [0.3, 0.4) is 0 Å². The highest BCUT2D eigenvalue weighted by molar-refractivity contribution is 5.86. The molecule has 70 valence electrons. The van der Waals surface area contributed by atoms with Crippen LogP contribution in [-0.4, -0.2) is 29.4 Å². The summed E-state index contributed by atoms with van der Waals surface area (Å²) < 4.78 is 5.08. The molecular formula is C9H12N2O2. The Labute approximate surface area is 76.5 Å². The van der Waals surface area contributed by atoms with Gasteiger partial charge in [-0.2, -0.15) is 0 Å². The molecule has 1 fully saturated rings. The third-order valence-corrected chi connectivity index (χ3v) is 2.37. The maximum absolute atomic E-state index is 11.5. The van der Waals surface area contributed by atoms with Crippen LogP contribution in [0, 0.1) is 6.92 Å². The van der Waals surface area contributed by atoms with Crippen LogP contribution in [0.2, 0.25) is 0 Å². The number of hydrogen-bond donors (Lipinski definition) is 0. The van der Waals surface area contributed by atoms with Gasteiger partial charge >= 0.3 is 0 Å². The maximum Gasteiger partial charge on any atom is 0.161 e. The van der Waals surface area contributed by atoms with Gasteiger partial charge in [0.15, 0.2) is 11.5 Å². The molecule has 1 aromatic heterocycles. The third kappa shape index (κ3) is 1.37. The average molecular weight is 180 g/mol. The van der Waals surface area contributed by atoms with E-state index >= 15 is 0 Å². The van der Waals surface area contributed by atoms with Crippen molar-refractivity contribution in [1.82, 2.24) is 10.1 Å². The number of nitrogens with zero attached hydrogens (tertiary/aromatic N) is 2. The van der Waals surface area contributed by atoms with Gasteiger partial charge in [-0.1, -0.05) is 5.16 Å². The van der Waals surface area contributed by atoms with Gasteiger partial charge < -0.3 is 4.52 Å². The Morgan fingerprint density at radius 1 is 1.69 bits per heavy atom. The molecule has 0 N–H and O–H groups in total. The van der Waals surface area contributed by atoms with Gasteiger partial charge in [0.25, 0.3) is 0 Å². The van der Waals surface area contributed by atoms with E-state index in [2.05, 4.69) is 5.16 Å². The summed E-state index contributed by atoms with van der Waals surface area (Å²) >= 11 is 0. The summed E-state index contributed by atoms with van der Waals surface area (Å²) in [6, 6.07) is 1.62. The van der Waals surface area contributed by atoms with Crippen LogP contribution in [-0.2, 0) is 4.79 Å². The summed E-state index contributed by atoms with van der Waals surface area (Å²) in [6.07, 6.45) is 0.612. The Kier molecular flexibility index (Phi) is 1.92. The van der Waals surface area contributed by atoms with E-state index in [-0.39, 0.29) is 11.8 Å². The van der Waals surface area contributed by atoms with Crippen molar-refractivity contribution < 1.29 is 9.32 Å². The topological polar surface area (TPSA) is 46.3 Å². The first-order valence-electron chi connectivity index (χ1n) is 4.34. The van der Waals surface area contributed by atoms with Crippen LogP contribution in [0.4, 0.5) is 0 Å². The van der Waals surface area contributed by atoms with E-state index in [0.717, 1.165) is 12.2 Å². The molecule has 0 aromatic carbocycles. The van der Waals surface area contributed by atoms with E-state index < -0.39 is 0 Å². The van der Waals surface area contributed by atoms with Crippen LogP contribution in [0.1, 0.15) is 23.9 Å². The Morgan fingerprint density at radius 2 is 2.46 bits per heavy atom. The van der Waals surface area contributed by atoms with E-state index in [9.17, 15) is 4.79 Å². The predicted molar refractivity (Wildman–Crippen MR) is 46.2 cm³/mol. The lowest BCUT2D eigenvalue weighted by molar-refractivity contribution is -0.120. The Hall–Kier alpha value is -1.16. The van der Waals surface area contributed by atoms with Gasteiger partial charge in [-0.25, -0.2) is 0 Å². The molecule has 13 heavy (non-hydrogen) atoms. The first-order valence-corrected chi connectivity index (χ1v) is 4.34. The Bertz CT molecular complexity index is 332. The number of likely N-dealkylation sites (tertiary alicyclic amines) is 1. The molecule has 0 bridgehead atoms. The van der Waals surface area contributed by atoms with Gasteiger partial charge in [0.05, 0.1) is 5.69 Å². The van der Waals surface area contributed by atoms with E-state index in [1.807, 2.05) is 24.9 Å². The lowest BCUT2D eigenvalue weighted by Crippen LogP contribution is -2.20. The van der Waals surface area contributed by atoms with Gasteiger partial charge in [-0.15, -0.1) is 0 Å². The third-order valence-electron chi connectivity index (χ3n) is 2.37. The fourth-order valence-electron chi connectivity index (χ4n) is 1.69. The molecule has 4 nitrogen and oxygen atoms in total. The molecule has 0 spiro atoms. The standard InChI is InChI=1S/C9H12N2O2/c1-6-5-8(13-10-6)9-7(12)3-4-11(9)2/h5,9H,3-4H2,1-2H3. The number of rotatable bonds is 1. The van der Waals surface area contributed by atoms with Crippen LogP contribution >= 0.6 is 0 Å². The number of carbonyl (C=O) groups is 1. The van der Waals surface area contributed by atoms with Crippen molar-refractivity contribution in [2.75, 3.05) is 13.6 Å². The van der Waals surface area contributed by atoms with Crippen LogP contribution in [0.25, 0.3) is 0 Å². The molecule has 1 aliphatic heterocycles. The molecule has 0 amide bonds. The van der Waals surface area contributed by atoms with E-state index in [0.29, 0.717) is 12.2 Å². The predicted octanol–water partition coefficient (Wildman–Crippen LogP) is 0.929. The molecule has 2 heterocycles. The summed E-state index contributed by atoms with van der Waals surface area (Å²) in [7, 11) is 1.92. The highest BCUT2D eigenvalue weighted by Crippen LogP contribution is 2.27. The number of aromatic nitrogens is 1. The second-order valence-electron chi connectivity index (χ2n) is 3.47. The van der Waals surface area contributed by atoms with Crippen molar-refractivity contribution in [3.63, 3.8) is 0 Å². The van der Waals surface area contributed by atoms with Crippen molar-refractivity contribution in [3.8, 4) is 0 Å². The molecule has 1 atom stereocenters. The number of ketones is 1. The number of aryl methyl sites for hydroxylation is 1. The van der Waals surface area contributed by atoms with E-state index in [1.54, 1.807) is 0 Å². The second-order valence-corrected chi connectivity index (χ2v) is 3.47. The summed E-state index contributed by atoms with van der Waals surface area (Å²) in [5.74, 6) is 0.890. The van der Waals surface area contributed by atoms with E-state index in [1.165, 1.54) is 0 Å². The summed E-state index contributed by atoms with van der Waals surface area (Å²) in [5.41, 5.74) is 0.822. The minimum atomic E-state index is -0.207. The van der Waals surface area contributed by atoms with Gasteiger partial charge in [0, 0.05) is 19.0 Å². The van der Waals surface area contributed by atoms with Crippen molar-refractivity contribution in [3.05, 3.63) is 17.5 Å². The van der Waals surface area contributed by atoms with Gasteiger partial charge in [0.2, 0.25) is 0 Å². The number of hydrogen-bond acceptors (Lipinski definition) is 4. The molecule has 1 unspecified atom stereocenters. The number of Topliss-reactive ketones (excluding diaryl/α,β-unsaturated/α-hetero) is 1. The normalized spacial score (nSPS) is 24.2. The molecule has 0 aliphatic carbocycles. The average Bonchev–Trinajstić information content (AvgIpc) is 2.60. The lowest BCUT2D eigenvalue weighted by atomic mass is 10.1. The van der Waals surface area contributed by atoms with Crippen LogP contribution in [0.15, 0.2) is 10.6 Å². The zero-order valence-corrected chi connectivity index (χ0v) is 7.78. The summed E-state index contributed by atoms with van der Waals surface area (Å²) in [6.45, 7) is 2.66. The molecule has 0 saturated carbocycles. The zero-order valence-electron chi connectivity index (χ0n) is 7.78. The number of likely N-dealkylation sites (N-methyl/N-ethyl adjacent to an activating group) is 1. The Balaban J connectivity index is 2.29. The fourth-order valence-corrected chi connectivity index (χ4v) is 1.69. The number of carbonyl (C=O) groups excluding carboxylic acids is 1. The molecule has 1 aliphatic rings. The van der Waals surface area contributed by atoms with Crippen molar-refractivity contribution in [1.29, 1.82) is 0 Å². The SMILES string of the molecule is Cc1cc(C2C(=O)CCN2C)on1. The quantitative estimate of drug-likeness (QED) is 0.645. The van der Waals surface area contributed by atoms with Crippen molar-refractivity contribution in [2.24, 2.45) is 0 Å². The minimum absolute atomic E-state index is 0.207. The second kappa shape index (κ2) is 2.96. The molecule has 1 aromatic rings. The molecule has 0 radical (unpaired) electrons. The summed E-state index contributed by atoms with van der Waals surface area (Å²) in [5, 5.41) is 3.78. The van der Waals surface area contributed by atoms with Crippen molar-refractivity contribution >= 4 is 5.78 Å². The van der Waals surface area contributed by atoms with Crippen LogP contribution in [0.5, 0.6) is 0 Å². The molecule has 4 heteroatoms. The van der Waals surface area contributed by atoms with Gasteiger partial charge in [0.1, 0.15) is 6.04 Å². The molecule has 1 saturated heterocycles. The first kappa shape index (κ1) is 8.44. The smallest absolute Gasteiger partial charge is 0.161 e. The highest BCUT2D eigenvalue weighted by atomic mass is 16.5. The minimum Gasteiger partial charge on any atom is -0.359 e.